The first-order valence-electron chi connectivity index (χ1n) is 5.78. The number of benzene rings is 1. The number of rotatable bonds is 7. The van der Waals surface area contributed by atoms with Crippen LogP contribution in [0.5, 0.6) is 0 Å². The number of carbonyl (C=O) groups excluding carboxylic acids is 1. The molecule has 0 N–H and O–H groups in total. The molecule has 0 aliphatic heterocycles. The molecular weight excluding hydrogens is 273 g/mol. The molecule has 0 spiro atoms. The number of ketones is 1. The van der Waals surface area contributed by atoms with Crippen molar-refractivity contribution in [1.82, 2.24) is 4.90 Å². The highest BCUT2D eigenvalue weighted by molar-refractivity contribution is 6.42. The summed E-state index contributed by atoms with van der Waals surface area (Å²) < 4.78 is 5.00. The van der Waals surface area contributed by atoms with E-state index in [-0.39, 0.29) is 5.78 Å². The van der Waals surface area contributed by atoms with Gasteiger partial charge < -0.3 is 4.74 Å². The minimum Gasteiger partial charge on any atom is -0.383 e. The molecule has 1 rings (SSSR count). The Labute approximate surface area is 118 Å². The van der Waals surface area contributed by atoms with E-state index in [4.69, 9.17) is 27.9 Å². The zero-order valence-electron chi connectivity index (χ0n) is 10.6. The minimum absolute atomic E-state index is 0.0338. The second-order valence-corrected chi connectivity index (χ2v) is 4.73. The van der Waals surface area contributed by atoms with Gasteiger partial charge in [0.25, 0.3) is 0 Å². The first kappa shape index (κ1) is 15.4. The molecule has 0 atom stereocenters. The predicted molar refractivity (Wildman–Crippen MR) is 74.8 cm³/mol. The van der Waals surface area contributed by atoms with Crippen molar-refractivity contribution in [2.75, 3.05) is 33.4 Å². The number of halogens is 2. The van der Waals surface area contributed by atoms with Gasteiger partial charge in [-0.15, -0.1) is 0 Å². The van der Waals surface area contributed by atoms with E-state index in [2.05, 4.69) is 0 Å². The normalized spacial score (nSPS) is 10.9. The molecule has 0 saturated carbocycles. The molecule has 0 bridgehead atoms. The highest BCUT2D eigenvalue weighted by Gasteiger charge is 2.12. The lowest BCUT2D eigenvalue weighted by molar-refractivity contribution is 0.0902. The third-order valence-corrected chi connectivity index (χ3v) is 3.41. The van der Waals surface area contributed by atoms with Crippen LogP contribution in [-0.4, -0.2) is 44.0 Å². The first-order chi connectivity index (χ1) is 8.58. The van der Waals surface area contributed by atoms with Gasteiger partial charge in [0.15, 0.2) is 5.78 Å². The first-order valence-corrected chi connectivity index (χ1v) is 6.53. The maximum Gasteiger partial charge on any atom is 0.176 e. The van der Waals surface area contributed by atoms with Gasteiger partial charge in [-0.05, 0) is 24.7 Å². The summed E-state index contributed by atoms with van der Waals surface area (Å²) in [7, 11) is 1.65. The van der Waals surface area contributed by atoms with Crippen LogP contribution in [0.1, 0.15) is 17.3 Å². The van der Waals surface area contributed by atoms with Crippen molar-refractivity contribution in [2.45, 2.75) is 6.92 Å². The van der Waals surface area contributed by atoms with Crippen LogP contribution in [-0.2, 0) is 4.74 Å². The average molecular weight is 290 g/mol. The van der Waals surface area contributed by atoms with Gasteiger partial charge in [0.1, 0.15) is 0 Å². The summed E-state index contributed by atoms with van der Waals surface area (Å²) in [5, 5.41) is 0.863. The standard InChI is InChI=1S/C13H17Cl2NO2/c1-3-16(6-7-18-2)9-13(17)10-4-5-11(14)12(15)8-10/h4-5,8H,3,6-7,9H2,1-2H3. The van der Waals surface area contributed by atoms with E-state index in [1.54, 1.807) is 25.3 Å². The van der Waals surface area contributed by atoms with E-state index in [0.717, 1.165) is 13.1 Å². The van der Waals surface area contributed by atoms with Crippen LogP contribution in [0.25, 0.3) is 0 Å². The van der Waals surface area contributed by atoms with Crippen molar-refractivity contribution in [3.8, 4) is 0 Å². The molecule has 0 heterocycles. The highest BCUT2D eigenvalue weighted by Crippen LogP contribution is 2.22. The van der Waals surface area contributed by atoms with E-state index in [1.165, 1.54) is 0 Å². The molecule has 1 aromatic rings. The fourth-order valence-electron chi connectivity index (χ4n) is 1.53. The predicted octanol–water partition coefficient (Wildman–Crippen LogP) is 3.14. The van der Waals surface area contributed by atoms with Crippen LogP contribution in [0.2, 0.25) is 10.0 Å². The maximum absolute atomic E-state index is 12.1. The lowest BCUT2D eigenvalue weighted by Gasteiger charge is -2.18. The molecule has 0 aliphatic rings. The van der Waals surface area contributed by atoms with Gasteiger partial charge in [-0.2, -0.15) is 0 Å². The molecule has 5 heteroatoms. The van der Waals surface area contributed by atoms with Crippen LogP contribution in [0.3, 0.4) is 0 Å². The third kappa shape index (κ3) is 4.58. The topological polar surface area (TPSA) is 29.5 Å². The van der Waals surface area contributed by atoms with E-state index in [9.17, 15) is 4.79 Å². The monoisotopic (exact) mass is 289 g/mol. The van der Waals surface area contributed by atoms with Crippen LogP contribution in [0.15, 0.2) is 18.2 Å². The molecule has 0 saturated heterocycles. The van der Waals surface area contributed by atoms with E-state index in [0.29, 0.717) is 28.8 Å². The third-order valence-electron chi connectivity index (χ3n) is 2.67. The van der Waals surface area contributed by atoms with Gasteiger partial charge in [0, 0.05) is 19.2 Å². The fourth-order valence-corrected chi connectivity index (χ4v) is 1.83. The molecule has 1 aromatic carbocycles. The molecular formula is C13H17Cl2NO2. The lowest BCUT2D eigenvalue weighted by atomic mass is 10.1. The number of hydrogen-bond donors (Lipinski definition) is 0. The summed E-state index contributed by atoms with van der Waals surface area (Å²) in [5.74, 6) is 0.0338. The van der Waals surface area contributed by atoms with Crippen LogP contribution in [0.4, 0.5) is 0 Å². The van der Waals surface area contributed by atoms with Crippen molar-refractivity contribution in [2.24, 2.45) is 0 Å². The van der Waals surface area contributed by atoms with Crippen molar-refractivity contribution in [3.05, 3.63) is 33.8 Å². The lowest BCUT2D eigenvalue weighted by Crippen LogP contribution is -2.32. The van der Waals surface area contributed by atoms with Crippen molar-refractivity contribution < 1.29 is 9.53 Å². The molecule has 3 nitrogen and oxygen atoms in total. The average Bonchev–Trinajstić information content (AvgIpc) is 2.37. The zero-order chi connectivity index (χ0) is 13.5. The Hall–Kier alpha value is -0.610. The second kappa shape index (κ2) is 7.74. The molecule has 0 amide bonds. The van der Waals surface area contributed by atoms with Gasteiger partial charge in [0.05, 0.1) is 23.2 Å². The number of hydrogen-bond acceptors (Lipinski definition) is 3. The Morgan fingerprint density at radius 3 is 2.61 bits per heavy atom. The van der Waals surface area contributed by atoms with Crippen LogP contribution < -0.4 is 0 Å². The largest absolute Gasteiger partial charge is 0.383 e. The van der Waals surface area contributed by atoms with Gasteiger partial charge in [0.2, 0.25) is 0 Å². The zero-order valence-corrected chi connectivity index (χ0v) is 12.1. The summed E-state index contributed by atoms with van der Waals surface area (Å²) in [5.41, 5.74) is 0.584. The van der Waals surface area contributed by atoms with Crippen molar-refractivity contribution >= 4 is 29.0 Å². The Morgan fingerprint density at radius 1 is 1.33 bits per heavy atom. The number of nitrogens with zero attached hydrogens (tertiary/aromatic N) is 1. The number of Topliss-reactive ketones (excluding diaryl/α,β-unsaturated/α-hetero) is 1. The quantitative estimate of drug-likeness (QED) is 0.722. The molecule has 0 unspecified atom stereocenters. The molecule has 100 valence electrons. The summed E-state index contributed by atoms with van der Waals surface area (Å²) in [6, 6.07) is 4.94. The number of methoxy groups -OCH3 is 1. The summed E-state index contributed by atoms with van der Waals surface area (Å²) in [6.07, 6.45) is 0. The second-order valence-electron chi connectivity index (χ2n) is 3.91. The summed E-state index contributed by atoms with van der Waals surface area (Å²) in [4.78, 5) is 14.1. The SMILES string of the molecule is CCN(CCOC)CC(=O)c1ccc(Cl)c(Cl)c1. The van der Waals surface area contributed by atoms with Gasteiger partial charge in [-0.25, -0.2) is 0 Å². The molecule has 0 aromatic heterocycles. The van der Waals surface area contributed by atoms with E-state index in [1.807, 2.05) is 11.8 Å². The smallest absolute Gasteiger partial charge is 0.176 e. The maximum atomic E-state index is 12.1. The van der Waals surface area contributed by atoms with Crippen molar-refractivity contribution in [1.29, 1.82) is 0 Å². The molecule has 0 radical (unpaired) electrons. The van der Waals surface area contributed by atoms with E-state index < -0.39 is 0 Å². The van der Waals surface area contributed by atoms with Crippen molar-refractivity contribution in [3.63, 3.8) is 0 Å². The van der Waals surface area contributed by atoms with E-state index >= 15 is 0 Å². The number of carbonyl (C=O) groups is 1. The van der Waals surface area contributed by atoms with Gasteiger partial charge >= 0.3 is 0 Å². The Morgan fingerprint density at radius 2 is 2.06 bits per heavy atom. The Kier molecular flexibility index (Phi) is 6.65. The minimum atomic E-state index is 0.0338. The number of ether oxygens (including phenoxy) is 1. The molecule has 0 aliphatic carbocycles. The number of likely N-dealkylation sites (N-methyl/N-ethyl adjacent to an activating group) is 1. The summed E-state index contributed by atoms with van der Waals surface area (Å²) in [6.45, 7) is 4.52. The van der Waals surface area contributed by atoms with Gasteiger partial charge in [-0.3, -0.25) is 9.69 Å². The Balaban J connectivity index is 2.65. The fraction of sp³-hybridized carbons (Fsp3) is 0.462. The summed E-state index contributed by atoms with van der Waals surface area (Å²) >= 11 is 11.7. The van der Waals surface area contributed by atoms with Crippen LogP contribution >= 0.6 is 23.2 Å². The van der Waals surface area contributed by atoms with Gasteiger partial charge in [-0.1, -0.05) is 30.1 Å². The molecule has 18 heavy (non-hydrogen) atoms. The Bertz CT molecular complexity index is 410. The molecule has 0 fully saturated rings. The highest BCUT2D eigenvalue weighted by atomic mass is 35.5. The van der Waals surface area contributed by atoms with Crippen LogP contribution in [0, 0.1) is 0 Å².